The van der Waals surface area contributed by atoms with Gasteiger partial charge in [0.2, 0.25) is 0 Å². The Hall–Kier alpha value is -0.840. The first kappa shape index (κ1) is 14.6. The van der Waals surface area contributed by atoms with Crippen molar-refractivity contribution in [1.82, 2.24) is 9.78 Å². The molecule has 1 atom stereocenters. The van der Waals surface area contributed by atoms with Gasteiger partial charge in [-0.2, -0.15) is 5.10 Å². The molecule has 0 aromatic carbocycles. The Morgan fingerprint density at radius 2 is 2.16 bits per heavy atom. The SMILES string of the molecule is CCCC(CBr)Cn1ncc(N2CCCC2)cc1=O. The summed E-state index contributed by atoms with van der Waals surface area (Å²) in [5, 5.41) is 5.25. The molecule has 1 aromatic heterocycles. The molecule has 1 fully saturated rings. The fraction of sp³-hybridized carbons (Fsp3) is 0.714. The molecule has 1 unspecified atom stereocenters. The lowest BCUT2D eigenvalue weighted by atomic mass is 10.1. The normalized spacial score (nSPS) is 16.8. The van der Waals surface area contributed by atoms with Gasteiger partial charge >= 0.3 is 0 Å². The van der Waals surface area contributed by atoms with E-state index in [1.165, 1.54) is 12.8 Å². The Kier molecular flexibility index (Phi) is 5.43. The van der Waals surface area contributed by atoms with Crippen LogP contribution in [0.4, 0.5) is 5.69 Å². The summed E-state index contributed by atoms with van der Waals surface area (Å²) in [6.07, 6.45) is 6.52. The maximum absolute atomic E-state index is 12.1. The molecule has 19 heavy (non-hydrogen) atoms. The lowest BCUT2D eigenvalue weighted by molar-refractivity contribution is 0.415. The highest BCUT2D eigenvalue weighted by Gasteiger charge is 2.14. The van der Waals surface area contributed by atoms with Gasteiger partial charge < -0.3 is 4.90 Å². The molecular weight excluding hydrogens is 306 g/mol. The van der Waals surface area contributed by atoms with Crippen molar-refractivity contribution in [2.45, 2.75) is 39.2 Å². The fourth-order valence-electron chi connectivity index (χ4n) is 2.58. The van der Waals surface area contributed by atoms with Gasteiger partial charge in [-0.05, 0) is 25.2 Å². The van der Waals surface area contributed by atoms with Crippen LogP contribution in [0.15, 0.2) is 17.1 Å². The predicted octanol–water partition coefficient (Wildman–Crippen LogP) is 2.65. The first-order valence-electron chi connectivity index (χ1n) is 7.12. The van der Waals surface area contributed by atoms with Crippen LogP contribution in [0, 0.1) is 5.92 Å². The van der Waals surface area contributed by atoms with Crippen molar-refractivity contribution in [2.24, 2.45) is 5.92 Å². The smallest absolute Gasteiger partial charge is 0.268 e. The van der Waals surface area contributed by atoms with E-state index in [1.54, 1.807) is 10.7 Å². The summed E-state index contributed by atoms with van der Waals surface area (Å²) in [5.74, 6) is 0.479. The van der Waals surface area contributed by atoms with Crippen LogP contribution >= 0.6 is 15.9 Å². The zero-order valence-electron chi connectivity index (χ0n) is 11.5. The van der Waals surface area contributed by atoms with Crippen LogP contribution in [0.5, 0.6) is 0 Å². The Balaban J connectivity index is 2.08. The van der Waals surface area contributed by atoms with E-state index in [0.717, 1.165) is 36.9 Å². The molecule has 0 bridgehead atoms. The van der Waals surface area contributed by atoms with Crippen LogP contribution in [0.2, 0.25) is 0 Å². The van der Waals surface area contributed by atoms with Crippen LogP contribution < -0.4 is 10.5 Å². The Morgan fingerprint density at radius 3 is 2.74 bits per heavy atom. The number of rotatable bonds is 6. The second-order valence-corrected chi connectivity index (χ2v) is 5.88. The molecule has 0 spiro atoms. The molecule has 0 N–H and O–H groups in total. The summed E-state index contributed by atoms with van der Waals surface area (Å²) in [5.41, 5.74) is 0.996. The second kappa shape index (κ2) is 7.08. The van der Waals surface area contributed by atoms with E-state index in [0.29, 0.717) is 12.5 Å². The monoisotopic (exact) mass is 327 g/mol. The van der Waals surface area contributed by atoms with Gasteiger partial charge in [0.05, 0.1) is 11.9 Å². The summed E-state index contributed by atoms with van der Waals surface area (Å²) in [6, 6.07) is 1.73. The Bertz CT molecular complexity index is 454. The highest BCUT2D eigenvalue weighted by molar-refractivity contribution is 9.09. The van der Waals surface area contributed by atoms with Gasteiger partial charge in [0.1, 0.15) is 0 Å². The van der Waals surface area contributed by atoms with Crippen LogP contribution in [0.1, 0.15) is 32.6 Å². The summed E-state index contributed by atoms with van der Waals surface area (Å²) in [7, 11) is 0. The zero-order chi connectivity index (χ0) is 13.7. The third-order valence-electron chi connectivity index (χ3n) is 3.67. The van der Waals surface area contributed by atoms with Gasteiger partial charge in [-0.1, -0.05) is 29.3 Å². The van der Waals surface area contributed by atoms with E-state index in [4.69, 9.17) is 0 Å². The van der Waals surface area contributed by atoms with Crippen molar-refractivity contribution in [1.29, 1.82) is 0 Å². The minimum absolute atomic E-state index is 0.0199. The van der Waals surface area contributed by atoms with Gasteiger partial charge in [0.15, 0.2) is 0 Å². The van der Waals surface area contributed by atoms with Crippen LogP contribution in [0.25, 0.3) is 0 Å². The molecule has 1 aliphatic rings. The first-order valence-corrected chi connectivity index (χ1v) is 8.24. The largest absolute Gasteiger partial charge is 0.370 e. The number of hydrogen-bond donors (Lipinski definition) is 0. The molecule has 0 aliphatic carbocycles. The number of anilines is 1. The van der Waals surface area contributed by atoms with Crippen LogP contribution in [-0.2, 0) is 6.54 Å². The summed E-state index contributed by atoms with van der Waals surface area (Å²) in [4.78, 5) is 14.4. The van der Waals surface area contributed by atoms with Crippen LogP contribution in [-0.4, -0.2) is 28.2 Å². The van der Waals surface area contributed by atoms with Crippen molar-refractivity contribution < 1.29 is 0 Å². The Labute approximate surface area is 122 Å². The van der Waals surface area contributed by atoms with Gasteiger partial charge in [-0.25, -0.2) is 4.68 Å². The number of nitrogens with zero attached hydrogens (tertiary/aromatic N) is 3. The average molecular weight is 328 g/mol. The van der Waals surface area contributed by atoms with E-state index < -0.39 is 0 Å². The van der Waals surface area contributed by atoms with E-state index in [-0.39, 0.29) is 5.56 Å². The Morgan fingerprint density at radius 1 is 1.42 bits per heavy atom. The third-order valence-corrected chi connectivity index (χ3v) is 4.59. The van der Waals surface area contributed by atoms with Gasteiger partial charge in [0.25, 0.3) is 5.56 Å². The first-order chi connectivity index (χ1) is 9.24. The molecule has 0 saturated carbocycles. The predicted molar refractivity (Wildman–Crippen MR) is 82.1 cm³/mol. The molecular formula is C14H22BrN3O. The van der Waals surface area contributed by atoms with E-state index in [1.807, 2.05) is 6.20 Å². The van der Waals surface area contributed by atoms with Crippen molar-refractivity contribution in [2.75, 3.05) is 23.3 Å². The average Bonchev–Trinajstić information content (AvgIpc) is 2.94. The van der Waals surface area contributed by atoms with E-state index in [9.17, 15) is 4.79 Å². The molecule has 0 amide bonds. The van der Waals surface area contributed by atoms with E-state index in [2.05, 4.69) is 32.9 Å². The molecule has 106 valence electrons. The highest BCUT2D eigenvalue weighted by atomic mass is 79.9. The molecule has 1 saturated heterocycles. The lowest BCUT2D eigenvalue weighted by Gasteiger charge is -2.18. The third kappa shape index (κ3) is 3.81. The highest BCUT2D eigenvalue weighted by Crippen LogP contribution is 2.17. The molecule has 1 aliphatic heterocycles. The topological polar surface area (TPSA) is 38.1 Å². The number of aromatic nitrogens is 2. The number of hydrogen-bond acceptors (Lipinski definition) is 3. The van der Waals surface area contributed by atoms with Crippen molar-refractivity contribution in [3.8, 4) is 0 Å². The minimum atomic E-state index is 0.0199. The van der Waals surface area contributed by atoms with Crippen molar-refractivity contribution in [3.63, 3.8) is 0 Å². The maximum Gasteiger partial charge on any atom is 0.268 e. The van der Waals surface area contributed by atoms with Gasteiger partial charge in [-0.15, -0.1) is 0 Å². The van der Waals surface area contributed by atoms with Crippen LogP contribution in [0.3, 0.4) is 0 Å². The fourth-order valence-corrected chi connectivity index (χ4v) is 3.11. The molecule has 2 rings (SSSR count). The molecule has 5 heteroatoms. The molecule has 4 nitrogen and oxygen atoms in total. The van der Waals surface area contributed by atoms with E-state index >= 15 is 0 Å². The van der Waals surface area contributed by atoms with Crippen molar-refractivity contribution in [3.05, 3.63) is 22.6 Å². The zero-order valence-corrected chi connectivity index (χ0v) is 13.1. The number of alkyl halides is 1. The number of halogens is 1. The molecule has 0 radical (unpaired) electrons. The summed E-state index contributed by atoms with van der Waals surface area (Å²) < 4.78 is 1.60. The van der Waals surface area contributed by atoms with Gasteiger partial charge in [-0.3, -0.25) is 4.79 Å². The molecule has 1 aromatic rings. The summed E-state index contributed by atoms with van der Waals surface area (Å²) in [6.45, 7) is 4.97. The maximum atomic E-state index is 12.1. The second-order valence-electron chi connectivity index (χ2n) is 5.24. The van der Waals surface area contributed by atoms with Crippen molar-refractivity contribution >= 4 is 21.6 Å². The molecule has 2 heterocycles. The minimum Gasteiger partial charge on any atom is -0.370 e. The summed E-state index contributed by atoms with van der Waals surface area (Å²) >= 11 is 3.52. The quantitative estimate of drug-likeness (QED) is 0.754. The van der Waals surface area contributed by atoms with Gasteiger partial charge in [0, 0.05) is 31.0 Å². The lowest BCUT2D eigenvalue weighted by Crippen LogP contribution is -2.28. The standard InChI is InChI=1S/C14H22BrN3O/c1-2-5-12(9-15)11-18-14(19)8-13(10-16-18)17-6-3-4-7-17/h8,10,12H,2-7,9,11H2,1H3.